The van der Waals surface area contributed by atoms with Gasteiger partial charge in [-0.3, -0.25) is 0 Å². The number of nitrogens with zero attached hydrogens (tertiary/aromatic N) is 2. The zero-order valence-electron chi connectivity index (χ0n) is 11.3. The van der Waals surface area contributed by atoms with Gasteiger partial charge >= 0.3 is 6.01 Å². The number of rotatable bonds is 6. The van der Waals surface area contributed by atoms with E-state index in [1.54, 1.807) is 0 Å². The van der Waals surface area contributed by atoms with Gasteiger partial charge in [-0.1, -0.05) is 28.8 Å². The maximum absolute atomic E-state index is 5.88. The Bertz CT molecular complexity index is 565. The Hall–Kier alpha value is -1.59. The van der Waals surface area contributed by atoms with E-state index < -0.39 is 0 Å². The fraction of sp³-hybridized carbons (Fsp3) is 0.429. The minimum Gasteiger partial charge on any atom is -0.407 e. The zero-order valence-corrected chi connectivity index (χ0v) is 12.0. The molecule has 1 atom stereocenters. The van der Waals surface area contributed by atoms with Crippen molar-refractivity contribution in [2.45, 2.75) is 38.4 Å². The van der Waals surface area contributed by atoms with Gasteiger partial charge in [0.15, 0.2) is 0 Å². The first-order chi connectivity index (χ1) is 9.70. The third-order valence-corrected chi connectivity index (χ3v) is 3.55. The Balaban J connectivity index is 1.57. The summed E-state index contributed by atoms with van der Waals surface area (Å²) in [6.07, 6.45) is 2.49. The number of hydrogen-bond acceptors (Lipinski definition) is 5. The number of benzene rings is 1. The lowest BCUT2D eigenvalue weighted by Gasteiger charge is -2.11. The number of hydrogen-bond donors (Lipinski definition) is 2. The molecule has 6 heteroatoms. The molecule has 0 spiro atoms. The highest BCUT2D eigenvalue weighted by molar-refractivity contribution is 6.30. The van der Waals surface area contributed by atoms with Crippen LogP contribution in [-0.4, -0.2) is 16.2 Å². The molecule has 2 aromatic rings. The minimum atomic E-state index is 0.0805. The molecular formula is C14H17ClN4O. The van der Waals surface area contributed by atoms with E-state index >= 15 is 0 Å². The predicted octanol–water partition coefficient (Wildman–Crippen LogP) is 3.15. The van der Waals surface area contributed by atoms with Crippen LogP contribution in [-0.2, 0) is 6.54 Å². The summed E-state index contributed by atoms with van der Waals surface area (Å²) in [5, 5.41) is 15.3. The van der Waals surface area contributed by atoms with Crippen LogP contribution < -0.4 is 10.6 Å². The van der Waals surface area contributed by atoms with Gasteiger partial charge in [-0.25, -0.2) is 0 Å². The van der Waals surface area contributed by atoms with Crippen LogP contribution in [0.5, 0.6) is 0 Å². The second-order valence-corrected chi connectivity index (χ2v) is 5.51. The molecule has 3 rings (SSSR count). The van der Waals surface area contributed by atoms with Gasteiger partial charge in [0.05, 0.1) is 12.6 Å². The van der Waals surface area contributed by atoms with E-state index in [2.05, 4.69) is 20.8 Å². The van der Waals surface area contributed by atoms with E-state index in [1.807, 2.05) is 31.2 Å². The molecule has 106 valence electrons. The fourth-order valence-electron chi connectivity index (χ4n) is 1.92. The molecule has 1 heterocycles. The van der Waals surface area contributed by atoms with Crippen LogP contribution in [0.15, 0.2) is 28.7 Å². The highest BCUT2D eigenvalue weighted by Crippen LogP contribution is 2.21. The summed E-state index contributed by atoms with van der Waals surface area (Å²) in [6, 6.07) is 8.85. The molecule has 1 fully saturated rings. The molecule has 1 aliphatic carbocycles. The Morgan fingerprint density at radius 1 is 1.30 bits per heavy atom. The lowest BCUT2D eigenvalue weighted by molar-refractivity contribution is 0.473. The predicted molar refractivity (Wildman–Crippen MR) is 77.6 cm³/mol. The van der Waals surface area contributed by atoms with Gasteiger partial charge in [0.1, 0.15) is 0 Å². The Kier molecular flexibility index (Phi) is 3.89. The van der Waals surface area contributed by atoms with Crippen LogP contribution in [0.2, 0.25) is 5.02 Å². The van der Waals surface area contributed by atoms with E-state index in [1.165, 1.54) is 12.8 Å². The van der Waals surface area contributed by atoms with E-state index in [0.717, 1.165) is 10.6 Å². The first-order valence-electron chi connectivity index (χ1n) is 6.78. The van der Waals surface area contributed by atoms with E-state index in [-0.39, 0.29) is 6.04 Å². The summed E-state index contributed by atoms with van der Waals surface area (Å²) in [6.45, 7) is 2.67. The maximum atomic E-state index is 5.88. The van der Waals surface area contributed by atoms with Crippen LogP contribution in [0.3, 0.4) is 0 Å². The fourth-order valence-corrected chi connectivity index (χ4v) is 2.05. The van der Waals surface area contributed by atoms with Gasteiger partial charge in [0, 0.05) is 11.1 Å². The van der Waals surface area contributed by atoms with Crippen molar-refractivity contribution in [3.05, 3.63) is 40.7 Å². The van der Waals surface area contributed by atoms with Crippen LogP contribution >= 0.6 is 11.6 Å². The summed E-state index contributed by atoms with van der Waals surface area (Å²) in [4.78, 5) is 0. The molecule has 0 saturated heterocycles. The van der Waals surface area contributed by atoms with Crippen molar-refractivity contribution in [1.29, 1.82) is 0 Å². The van der Waals surface area contributed by atoms with Crippen LogP contribution in [0.1, 0.15) is 37.3 Å². The summed E-state index contributed by atoms with van der Waals surface area (Å²) >= 11 is 5.88. The number of halogens is 1. The normalized spacial score (nSPS) is 16.1. The molecular weight excluding hydrogens is 276 g/mol. The summed E-state index contributed by atoms with van der Waals surface area (Å²) < 4.78 is 5.56. The molecule has 0 radical (unpaired) electrons. The van der Waals surface area contributed by atoms with Crippen LogP contribution in [0.25, 0.3) is 0 Å². The van der Waals surface area contributed by atoms with E-state index in [9.17, 15) is 0 Å². The molecule has 1 aromatic carbocycles. The monoisotopic (exact) mass is 292 g/mol. The van der Waals surface area contributed by atoms with Crippen molar-refractivity contribution >= 4 is 17.6 Å². The molecule has 5 nitrogen and oxygen atoms in total. The molecule has 1 aromatic heterocycles. The number of nitrogens with one attached hydrogen (secondary N) is 2. The van der Waals surface area contributed by atoms with Crippen molar-refractivity contribution in [2.75, 3.05) is 5.32 Å². The summed E-state index contributed by atoms with van der Waals surface area (Å²) in [5.41, 5.74) is 1.12. The third kappa shape index (κ3) is 3.49. The van der Waals surface area contributed by atoms with Crippen LogP contribution in [0, 0.1) is 0 Å². The standard InChI is InChI=1S/C14H17ClN4O/c1-9(10-2-4-11(15)5-3-10)17-14-19-18-13(20-14)8-16-12-6-7-12/h2-5,9,12,16H,6-8H2,1H3,(H,17,19). The quantitative estimate of drug-likeness (QED) is 0.856. The lowest BCUT2D eigenvalue weighted by Crippen LogP contribution is -2.15. The third-order valence-electron chi connectivity index (χ3n) is 3.30. The van der Waals surface area contributed by atoms with Crippen LogP contribution in [0.4, 0.5) is 6.01 Å². The van der Waals surface area contributed by atoms with Gasteiger partial charge in [-0.2, -0.15) is 0 Å². The maximum Gasteiger partial charge on any atom is 0.315 e. The Morgan fingerprint density at radius 3 is 2.75 bits per heavy atom. The second kappa shape index (κ2) is 5.81. The average Bonchev–Trinajstić information content (AvgIpc) is 3.17. The molecule has 20 heavy (non-hydrogen) atoms. The molecule has 0 amide bonds. The van der Waals surface area contributed by atoms with Gasteiger partial charge in [0.25, 0.3) is 0 Å². The van der Waals surface area contributed by atoms with E-state index in [4.69, 9.17) is 16.0 Å². The van der Waals surface area contributed by atoms with E-state index in [0.29, 0.717) is 24.5 Å². The Labute approximate surface area is 122 Å². The van der Waals surface area contributed by atoms with Gasteiger partial charge in [-0.05, 0) is 37.5 Å². The zero-order chi connectivity index (χ0) is 13.9. The summed E-state index contributed by atoms with van der Waals surface area (Å²) in [5.74, 6) is 0.614. The molecule has 1 aliphatic rings. The molecule has 1 saturated carbocycles. The topological polar surface area (TPSA) is 63.0 Å². The van der Waals surface area contributed by atoms with Crippen molar-refractivity contribution in [1.82, 2.24) is 15.5 Å². The smallest absolute Gasteiger partial charge is 0.315 e. The highest BCUT2D eigenvalue weighted by atomic mass is 35.5. The first-order valence-corrected chi connectivity index (χ1v) is 7.16. The highest BCUT2D eigenvalue weighted by Gasteiger charge is 2.21. The SMILES string of the molecule is CC(Nc1nnc(CNC2CC2)o1)c1ccc(Cl)cc1. The minimum absolute atomic E-state index is 0.0805. The second-order valence-electron chi connectivity index (χ2n) is 5.07. The van der Waals surface area contributed by atoms with Crippen molar-refractivity contribution in [2.24, 2.45) is 0 Å². The van der Waals surface area contributed by atoms with Crippen molar-refractivity contribution in [3.8, 4) is 0 Å². The summed E-state index contributed by atoms with van der Waals surface area (Å²) in [7, 11) is 0. The molecule has 0 aliphatic heterocycles. The van der Waals surface area contributed by atoms with Gasteiger partial charge in [0.2, 0.25) is 5.89 Å². The molecule has 0 bridgehead atoms. The van der Waals surface area contributed by atoms with Gasteiger partial charge < -0.3 is 15.1 Å². The van der Waals surface area contributed by atoms with Crippen molar-refractivity contribution in [3.63, 3.8) is 0 Å². The largest absolute Gasteiger partial charge is 0.407 e. The average molecular weight is 293 g/mol. The number of anilines is 1. The van der Waals surface area contributed by atoms with Gasteiger partial charge in [-0.15, -0.1) is 5.10 Å². The molecule has 1 unspecified atom stereocenters. The molecule has 2 N–H and O–H groups in total. The Morgan fingerprint density at radius 2 is 2.05 bits per heavy atom. The lowest BCUT2D eigenvalue weighted by atomic mass is 10.1. The van der Waals surface area contributed by atoms with Crippen molar-refractivity contribution < 1.29 is 4.42 Å². The number of aromatic nitrogens is 2. The first kappa shape index (κ1) is 13.4.